The number of carboxylic acids is 1. The number of hydrogen-bond acceptors (Lipinski definition) is 2. The topological polar surface area (TPSA) is 49.3 Å². The van der Waals surface area contributed by atoms with Crippen LogP contribution in [0.4, 0.5) is 13.2 Å². The van der Waals surface area contributed by atoms with Crippen molar-refractivity contribution < 1.29 is 23.1 Å². The summed E-state index contributed by atoms with van der Waals surface area (Å²) in [7, 11) is 0. The van der Waals surface area contributed by atoms with Crippen molar-refractivity contribution in [2.75, 3.05) is 13.1 Å². The van der Waals surface area contributed by atoms with E-state index in [9.17, 15) is 18.0 Å². The fourth-order valence-corrected chi connectivity index (χ4v) is 1.50. The van der Waals surface area contributed by atoms with Crippen LogP contribution in [0.3, 0.4) is 0 Å². The Balaban J connectivity index is 2.73. The summed E-state index contributed by atoms with van der Waals surface area (Å²) < 4.78 is 36.7. The molecule has 6 heteroatoms. The number of nitrogens with one attached hydrogen (secondary N) is 1. The van der Waals surface area contributed by atoms with Crippen LogP contribution in [-0.4, -0.2) is 30.3 Å². The van der Waals surface area contributed by atoms with Gasteiger partial charge in [0.1, 0.15) is 0 Å². The van der Waals surface area contributed by atoms with E-state index < -0.39 is 24.0 Å². The first-order chi connectivity index (χ1) is 5.93. The maximum absolute atomic E-state index is 12.2. The van der Waals surface area contributed by atoms with Gasteiger partial charge >= 0.3 is 12.1 Å². The van der Waals surface area contributed by atoms with Crippen LogP contribution in [0.15, 0.2) is 0 Å². The molecule has 1 aliphatic rings. The molecule has 3 nitrogen and oxygen atoms in total. The van der Waals surface area contributed by atoms with Crippen molar-refractivity contribution in [1.29, 1.82) is 0 Å². The summed E-state index contributed by atoms with van der Waals surface area (Å²) in [6, 6.07) is 0. The van der Waals surface area contributed by atoms with Crippen molar-refractivity contribution in [3.63, 3.8) is 0 Å². The fourth-order valence-electron chi connectivity index (χ4n) is 1.50. The Morgan fingerprint density at radius 3 is 2.46 bits per heavy atom. The van der Waals surface area contributed by atoms with Crippen LogP contribution in [0.1, 0.15) is 6.42 Å². The number of carboxylic acid groups (broad SMARTS) is 1. The highest BCUT2D eigenvalue weighted by Gasteiger charge is 2.48. The molecule has 1 aliphatic heterocycles. The van der Waals surface area contributed by atoms with Crippen molar-refractivity contribution in [1.82, 2.24) is 5.32 Å². The van der Waals surface area contributed by atoms with E-state index in [1.165, 1.54) is 0 Å². The number of halogens is 3. The summed E-state index contributed by atoms with van der Waals surface area (Å²) in [6.07, 6.45) is -4.38. The highest BCUT2D eigenvalue weighted by molar-refractivity contribution is 5.70. The Hall–Kier alpha value is -0.780. The molecule has 0 amide bonds. The normalized spacial score (nSPS) is 30.1. The lowest BCUT2D eigenvalue weighted by Crippen LogP contribution is -2.47. The van der Waals surface area contributed by atoms with Gasteiger partial charge in [0.25, 0.3) is 0 Å². The molecule has 0 bridgehead atoms. The molecule has 1 fully saturated rings. The Kier molecular flexibility index (Phi) is 2.80. The molecule has 0 aromatic carbocycles. The van der Waals surface area contributed by atoms with E-state index in [2.05, 4.69) is 5.32 Å². The second-order valence-electron chi connectivity index (χ2n) is 3.09. The van der Waals surface area contributed by atoms with E-state index in [0.717, 1.165) is 0 Å². The average molecular weight is 197 g/mol. The number of piperidine rings is 1. The van der Waals surface area contributed by atoms with E-state index in [1.807, 2.05) is 0 Å². The van der Waals surface area contributed by atoms with Crippen LogP contribution in [0, 0.1) is 11.8 Å². The first-order valence-electron chi connectivity index (χ1n) is 3.93. The zero-order valence-electron chi connectivity index (χ0n) is 6.77. The van der Waals surface area contributed by atoms with Crippen LogP contribution in [0.2, 0.25) is 0 Å². The molecule has 0 unspecified atom stereocenters. The first kappa shape index (κ1) is 10.3. The van der Waals surface area contributed by atoms with Crippen molar-refractivity contribution >= 4 is 5.97 Å². The molecule has 0 aromatic rings. The van der Waals surface area contributed by atoms with E-state index in [1.54, 1.807) is 0 Å². The minimum Gasteiger partial charge on any atom is -0.481 e. The molecule has 2 atom stereocenters. The predicted molar refractivity (Wildman–Crippen MR) is 38.2 cm³/mol. The number of rotatable bonds is 1. The lowest BCUT2D eigenvalue weighted by molar-refractivity contribution is -0.199. The minimum atomic E-state index is -4.42. The van der Waals surface area contributed by atoms with E-state index >= 15 is 0 Å². The third kappa shape index (κ3) is 2.33. The molecular formula is C7H10F3NO2. The fraction of sp³-hybridized carbons (Fsp3) is 0.857. The van der Waals surface area contributed by atoms with Gasteiger partial charge in [-0.3, -0.25) is 4.79 Å². The van der Waals surface area contributed by atoms with Crippen molar-refractivity contribution in [3.05, 3.63) is 0 Å². The lowest BCUT2D eigenvalue weighted by Gasteiger charge is -2.30. The van der Waals surface area contributed by atoms with Gasteiger partial charge in [-0.2, -0.15) is 13.2 Å². The van der Waals surface area contributed by atoms with Gasteiger partial charge in [-0.1, -0.05) is 0 Å². The van der Waals surface area contributed by atoms with Crippen LogP contribution in [0.5, 0.6) is 0 Å². The monoisotopic (exact) mass is 197 g/mol. The van der Waals surface area contributed by atoms with Gasteiger partial charge in [0.05, 0.1) is 11.8 Å². The second-order valence-corrected chi connectivity index (χ2v) is 3.09. The third-order valence-corrected chi connectivity index (χ3v) is 2.22. The average Bonchev–Trinajstić information content (AvgIpc) is 2.03. The molecule has 13 heavy (non-hydrogen) atoms. The molecule has 0 saturated carbocycles. The van der Waals surface area contributed by atoms with E-state index in [-0.39, 0.29) is 13.0 Å². The number of alkyl halides is 3. The first-order valence-corrected chi connectivity index (χ1v) is 3.93. The Bertz CT molecular complexity index is 204. The molecule has 76 valence electrons. The maximum atomic E-state index is 12.2. The maximum Gasteiger partial charge on any atom is 0.393 e. The van der Waals surface area contributed by atoms with Gasteiger partial charge in [-0.15, -0.1) is 0 Å². The molecule has 0 radical (unpaired) electrons. The quantitative estimate of drug-likeness (QED) is 0.655. The summed E-state index contributed by atoms with van der Waals surface area (Å²) in [4.78, 5) is 10.5. The molecule has 2 N–H and O–H groups in total. The number of carbonyl (C=O) groups is 1. The largest absolute Gasteiger partial charge is 0.481 e. The van der Waals surface area contributed by atoms with Gasteiger partial charge in [-0.25, -0.2) is 0 Å². The summed E-state index contributed by atoms with van der Waals surface area (Å²) >= 11 is 0. The minimum absolute atomic E-state index is 0.0412. The lowest BCUT2D eigenvalue weighted by atomic mass is 9.86. The molecule has 0 aromatic heterocycles. The van der Waals surface area contributed by atoms with Gasteiger partial charge in [-0.05, 0) is 13.0 Å². The van der Waals surface area contributed by atoms with Gasteiger partial charge in [0.15, 0.2) is 0 Å². The van der Waals surface area contributed by atoms with Gasteiger partial charge in [0, 0.05) is 6.54 Å². The predicted octanol–water partition coefficient (Wildman–Crippen LogP) is 0.859. The number of aliphatic carboxylic acids is 1. The summed E-state index contributed by atoms with van der Waals surface area (Å²) in [5.41, 5.74) is 0. The molecule has 0 spiro atoms. The Labute approximate surface area is 72.9 Å². The molecular weight excluding hydrogens is 187 g/mol. The van der Waals surface area contributed by atoms with Crippen LogP contribution >= 0.6 is 0 Å². The smallest absolute Gasteiger partial charge is 0.393 e. The zero-order valence-corrected chi connectivity index (χ0v) is 6.77. The van der Waals surface area contributed by atoms with E-state index in [4.69, 9.17) is 5.11 Å². The third-order valence-electron chi connectivity index (χ3n) is 2.22. The molecule has 1 saturated heterocycles. The highest BCUT2D eigenvalue weighted by Crippen LogP contribution is 2.34. The highest BCUT2D eigenvalue weighted by atomic mass is 19.4. The van der Waals surface area contributed by atoms with Crippen LogP contribution in [-0.2, 0) is 4.79 Å². The van der Waals surface area contributed by atoms with Gasteiger partial charge in [0.2, 0.25) is 0 Å². The standard InChI is InChI=1S/C7H10F3NO2/c8-7(9,10)5-3-11-2-1-4(5)6(12)13/h4-5,11H,1-3H2,(H,12,13)/t4-,5-/m0/s1. The summed E-state index contributed by atoms with van der Waals surface area (Å²) in [5, 5.41) is 11.1. The zero-order chi connectivity index (χ0) is 10.1. The summed E-state index contributed by atoms with van der Waals surface area (Å²) in [6.45, 7) is 0.0456. The van der Waals surface area contributed by atoms with Crippen LogP contribution < -0.4 is 5.32 Å². The van der Waals surface area contributed by atoms with E-state index in [0.29, 0.717) is 6.54 Å². The summed E-state index contributed by atoms with van der Waals surface area (Å²) in [5.74, 6) is -4.40. The van der Waals surface area contributed by atoms with Gasteiger partial charge < -0.3 is 10.4 Å². The Morgan fingerprint density at radius 1 is 1.46 bits per heavy atom. The Morgan fingerprint density at radius 2 is 2.08 bits per heavy atom. The second kappa shape index (κ2) is 3.53. The van der Waals surface area contributed by atoms with Crippen molar-refractivity contribution in [3.8, 4) is 0 Å². The van der Waals surface area contributed by atoms with Crippen molar-refractivity contribution in [2.45, 2.75) is 12.6 Å². The molecule has 1 rings (SSSR count). The SMILES string of the molecule is O=C(O)[C@H]1CCNC[C@@H]1C(F)(F)F. The van der Waals surface area contributed by atoms with Crippen molar-refractivity contribution in [2.24, 2.45) is 11.8 Å². The van der Waals surface area contributed by atoms with Crippen LogP contribution in [0.25, 0.3) is 0 Å². The molecule has 0 aliphatic carbocycles. The number of hydrogen-bond donors (Lipinski definition) is 2. The molecule has 1 heterocycles.